The summed E-state index contributed by atoms with van der Waals surface area (Å²) < 4.78 is 8.27. The van der Waals surface area contributed by atoms with Crippen molar-refractivity contribution in [3.63, 3.8) is 0 Å². The first kappa shape index (κ1) is 12.8. The summed E-state index contributed by atoms with van der Waals surface area (Å²) in [7, 11) is 1.91. The van der Waals surface area contributed by atoms with Crippen molar-refractivity contribution < 1.29 is 9.84 Å². The van der Waals surface area contributed by atoms with Gasteiger partial charge in [0.25, 0.3) is 0 Å². The van der Waals surface area contributed by atoms with E-state index in [4.69, 9.17) is 4.74 Å². The van der Waals surface area contributed by atoms with E-state index < -0.39 is 6.10 Å². The third-order valence-electron chi connectivity index (χ3n) is 3.54. The molecule has 0 amide bonds. The molecule has 2 aromatic heterocycles. The third kappa shape index (κ3) is 2.01. The van der Waals surface area contributed by atoms with E-state index >= 15 is 0 Å². The zero-order chi connectivity index (χ0) is 13.6. The van der Waals surface area contributed by atoms with Crippen LogP contribution < -0.4 is 4.90 Å². The van der Waals surface area contributed by atoms with Crippen LogP contribution in [-0.2, 0) is 11.8 Å². The number of anilines is 1. The van der Waals surface area contributed by atoms with Crippen LogP contribution in [0.15, 0.2) is 0 Å². The summed E-state index contributed by atoms with van der Waals surface area (Å²) in [6.45, 7) is 5.84. The molecule has 1 aliphatic rings. The van der Waals surface area contributed by atoms with Crippen molar-refractivity contribution in [1.82, 2.24) is 14.8 Å². The van der Waals surface area contributed by atoms with Gasteiger partial charge >= 0.3 is 0 Å². The first-order valence-corrected chi connectivity index (χ1v) is 7.26. The van der Waals surface area contributed by atoms with E-state index in [1.165, 1.54) is 0 Å². The Morgan fingerprint density at radius 2 is 2.32 bits per heavy atom. The second-order valence-corrected chi connectivity index (χ2v) is 5.79. The normalized spacial score (nSPS) is 23.4. The van der Waals surface area contributed by atoms with Crippen molar-refractivity contribution in [2.45, 2.75) is 26.0 Å². The van der Waals surface area contributed by atoms with Crippen LogP contribution in [0.2, 0.25) is 0 Å². The van der Waals surface area contributed by atoms with Gasteiger partial charge in [-0.3, -0.25) is 0 Å². The Balaban J connectivity index is 1.99. The molecule has 19 heavy (non-hydrogen) atoms. The highest BCUT2D eigenvalue weighted by atomic mass is 32.1. The van der Waals surface area contributed by atoms with Gasteiger partial charge in [0.15, 0.2) is 10.8 Å². The Morgan fingerprint density at radius 3 is 2.89 bits per heavy atom. The van der Waals surface area contributed by atoms with E-state index in [9.17, 15) is 5.11 Å². The van der Waals surface area contributed by atoms with Gasteiger partial charge in [0.05, 0.1) is 35.8 Å². The van der Waals surface area contributed by atoms with Crippen molar-refractivity contribution in [2.75, 3.05) is 24.7 Å². The molecule has 0 spiro atoms. The number of aryl methyl sites for hydroxylation is 2. The van der Waals surface area contributed by atoms with E-state index in [1.807, 2.05) is 14.0 Å². The molecule has 0 saturated carbocycles. The number of aromatic nitrogens is 3. The SMILES string of the molecule is CCN(c1nc2c(s1)c(C)nn2C)[C@@H]1COC[C@H]1O. The summed E-state index contributed by atoms with van der Waals surface area (Å²) in [4.78, 5) is 6.79. The predicted molar refractivity (Wildman–Crippen MR) is 74.8 cm³/mol. The summed E-state index contributed by atoms with van der Waals surface area (Å²) in [6, 6.07) is -0.00109. The Labute approximate surface area is 115 Å². The molecule has 0 radical (unpaired) electrons. The first-order chi connectivity index (χ1) is 9.11. The molecule has 0 unspecified atom stereocenters. The Morgan fingerprint density at radius 1 is 1.53 bits per heavy atom. The van der Waals surface area contributed by atoms with Crippen LogP contribution in [0.4, 0.5) is 5.13 Å². The zero-order valence-corrected chi connectivity index (χ0v) is 12.1. The minimum absolute atomic E-state index is 0.00109. The topological polar surface area (TPSA) is 63.4 Å². The average Bonchev–Trinajstić information content (AvgIpc) is 3.03. The molecular formula is C12H18N4O2S. The van der Waals surface area contributed by atoms with Crippen LogP contribution in [-0.4, -0.2) is 51.8 Å². The standard InChI is InChI=1S/C12H18N4O2S/c1-4-16(8-5-18-6-9(8)17)12-13-11-10(19-12)7(2)14-15(11)3/h8-9,17H,4-6H2,1-3H3/t8-,9-/m1/s1. The quantitative estimate of drug-likeness (QED) is 0.907. The molecule has 0 aliphatic carbocycles. The maximum Gasteiger partial charge on any atom is 0.188 e. The van der Waals surface area contributed by atoms with E-state index in [1.54, 1.807) is 16.0 Å². The Hall–Kier alpha value is -1.18. The van der Waals surface area contributed by atoms with Crippen LogP contribution in [0.1, 0.15) is 12.6 Å². The number of likely N-dealkylation sites (N-methyl/N-ethyl adjacent to an activating group) is 1. The molecule has 104 valence electrons. The van der Waals surface area contributed by atoms with Crippen LogP contribution in [0.5, 0.6) is 0 Å². The Kier molecular flexibility index (Phi) is 3.20. The first-order valence-electron chi connectivity index (χ1n) is 6.44. The highest BCUT2D eigenvalue weighted by Gasteiger charge is 2.33. The van der Waals surface area contributed by atoms with Gasteiger partial charge < -0.3 is 14.7 Å². The molecule has 3 rings (SSSR count). The van der Waals surface area contributed by atoms with Crippen molar-refractivity contribution in [1.29, 1.82) is 0 Å². The number of thiazole rings is 1. The molecule has 2 atom stereocenters. The fourth-order valence-corrected chi connectivity index (χ4v) is 3.69. The second-order valence-electron chi connectivity index (χ2n) is 4.82. The summed E-state index contributed by atoms with van der Waals surface area (Å²) in [5, 5.41) is 15.3. The van der Waals surface area contributed by atoms with E-state index in [-0.39, 0.29) is 6.04 Å². The van der Waals surface area contributed by atoms with Gasteiger partial charge in [0.2, 0.25) is 0 Å². The van der Waals surface area contributed by atoms with Crippen molar-refractivity contribution in [3.05, 3.63) is 5.69 Å². The zero-order valence-electron chi connectivity index (χ0n) is 11.3. The fraction of sp³-hybridized carbons (Fsp3) is 0.667. The predicted octanol–water partition coefficient (Wildman–Crippen LogP) is 0.924. The molecule has 0 bridgehead atoms. The fourth-order valence-electron chi connectivity index (χ4n) is 2.54. The lowest BCUT2D eigenvalue weighted by Gasteiger charge is -2.28. The average molecular weight is 282 g/mol. The number of aliphatic hydroxyl groups excluding tert-OH is 1. The van der Waals surface area contributed by atoms with Crippen molar-refractivity contribution >= 4 is 26.8 Å². The number of ether oxygens (including phenoxy) is 1. The molecule has 2 aromatic rings. The van der Waals surface area contributed by atoms with Gasteiger partial charge in [-0.2, -0.15) is 5.10 Å². The molecule has 0 aromatic carbocycles. The molecule has 6 nitrogen and oxygen atoms in total. The van der Waals surface area contributed by atoms with Crippen LogP contribution in [0.25, 0.3) is 10.3 Å². The largest absolute Gasteiger partial charge is 0.388 e. The number of fused-ring (bicyclic) bond motifs is 1. The highest BCUT2D eigenvalue weighted by Crippen LogP contribution is 2.32. The lowest BCUT2D eigenvalue weighted by Crippen LogP contribution is -2.43. The van der Waals surface area contributed by atoms with Gasteiger partial charge in [0.1, 0.15) is 0 Å². The van der Waals surface area contributed by atoms with Crippen molar-refractivity contribution in [3.8, 4) is 0 Å². The second kappa shape index (κ2) is 4.73. The van der Waals surface area contributed by atoms with Crippen LogP contribution >= 0.6 is 11.3 Å². The van der Waals surface area contributed by atoms with Gasteiger partial charge in [-0.25, -0.2) is 9.67 Å². The summed E-state index contributed by atoms with van der Waals surface area (Å²) in [5.74, 6) is 0. The lowest BCUT2D eigenvalue weighted by atomic mass is 10.2. The number of hydrogen-bond donors (Lipinski definition) is 1. The maximum atomic E-state index is 9.98. The molecule has 1 saturated heterocycles. The number of nitrogens with zero attached hydrogens (tertiary/aromatic N) is 4. The molecule has 1 aliphatic heterocycles. The minimum atomic E-state index is -0.439. The molecule has 7 heteroatoms. The molecule has 1 fully saturated rings. The molecular weight excluding hydrogens is 264 g/mol. The third-order valence-corrected chi connectivity index (χ3v) is 4.73. The van der Waals surface area contributed by atoms with Crippen LogP contribution in [0, 0.1) is 6.92 Å². The number of hydrogen-bond acceptors (Lipinski definition) is 6. The smallest absolute Gasteiger partial charge is 0.188 e. The van der Waals surface area contributed by atoms with Crippen molar-refractivity contribution in [2.24, 2.45) is 7.05 Å². The lowest BCUT2D eigenvalue weighted by molar-refractivity contribution is 0.124. The summed E-state index contributed by atoms with van der Waals surface area (Å²) >= 11 is 1.63. The minimum Gasteiger partial charge on any atom is -0.388 e. The van der Waals surface area contributed by atoms with Gasteiger partial charge in [-0.1, -0.05) is 11.3 Å². The van der Waals surface area contributed by atoms with Gasteiger partial charge in [-0.05, 0) is 13.8 Å². The Bertz CT molecular complexity index is 559. The van der Waals surface area contributed by atoms with E-state index in [0.717, 1.165) is 27.7 Å². The highest BCUT2D eigenvalue weighted by molar-refractivity contribution is 7.22. The molecule has 3 heterocycles. The summed E-state index contributed by atoms with van der Waals surface area (Å²) in [5.41, 5.74) is 1.91. The van der Waals surface area contributed by atoms with Gasteiger partial charge in [-0.15, -0.1) is 0 Å². The van der Waals surface area contributed by atoms with E-state index in [0.29, 0.717) is 13.2 Å². The van der Waals surface area contributed by atoms with Crippen LogP contribution in [0.3, 0.4) is 0 Å². The van der Waals surface area contributed by atoms with Gasteiger partial charge in [0, 0.05) is 13.6 Å². The molecule has 1 N–H and O–H groups in total. The number of aliphatic hydroxyl groups is 1. The monoisotopic (exact) mass is 282 g/mol. The van der Waals surface area contributed by atoms with E-state index in [2.05, 4.69) is 21.9 Å². The maximum absolute atomic E-state index is 9.98. The number of rotatable bonds is 3. The summed E-state index contributed by atoms with van der Waals surface area (Å²) in [6.07, 6.45) is -0.439.